The van der Waals surface area contributed by atoms with Crippen LogP contribution in [0.15, 0.2) is 48.5 Å². The van der Waals surface area contributed by atoms with Crippen LogP contribution in [0.1, 0.15) is 0 Å². The molecule has 10 nitrogen and oxygen atoms in total. The molecule has 0 aromatic heterocycles. The van der Waals surface area contributed by atoms with Crippen LogP contribution in [0.5, 0.6) is 0 Å². The number of anilines is 2. The van der Waals surface area contributed by atoms with E-state index in [2.05, 4.69) is 9.80 Å². The number of hydrogen-bond acceptors (Lipinski definition) is 10. The van der Waals surface area contributed by atoms with Crippen LogP contribution in [-0.4, -0.2) is 80.6 Å². The Hall–Kier alpha value is -2.45. The molecule has 0 amide bonds. The Balaban J connectivity index is 0.000000253. The van der Waals surface area contributed by atoms with Crippen molar-refractivity contribution in [1.82, 2.24) is 9.80 Å². The van der Waals surface area contributed by atoms with Gasteiger partial charge in [0.1, 0.15) is 0 Å². The molecule has 2 aliphatic rings. The number of nitro benzene ring substituents is 2. The molecule has 0 N–H and O–H groups in total. The van der Waals surface area contributed by atoms with Crippen molar-refractivity contribution in [1.29, 1.82) is 0 Å². The molecule has 2 fully saturated rings. The molecule has 2 aromatic carbocycles. The molecular formula is C22H24N6NiO4S4. The van der Waals surface area contributed by atoms with E-state index in [1.807, 2.05) is 9.80 Å². The van der Waals surface area contributed by atoms with Crippen molar-refractivity contribution in [3.63, 3.8) is 0 Å². The number of benzene rings is 2. The van der Waals surface area contributed by atoms with E-state index >= 15 is 0 Å². The molecule has 37 heavy (non-hydrogen) atoms. The fourth-order valence-corrected chi connectivity index (χ4v) is 4.60. The van der Waals surface area contributed by atoms with Gasteiger partial charge in [-0.2, -0.15) is 0 Å². The molecule has 2 aliphatic heterocycles. The molecule has 2 aromatic rings. The van der Waals surface area contributed by atoms with Gasteiger partial charge in [0, 0.05) is 88.0 Å². The van der Waals surface area contributed by atoms with E-state index in [0.717, 1.165) is 63.7 Å². The minimum atomic E-state index is -0.392. The average molecular weight is 623 g/mol. The van der Waals surface area contributed by atoms with Crippen molar-refractivity contribution in [2.75, 3.05) is 62.2 Å². The Bertz CT molecular complexity index is 1010. The summed E-state index contributed by atoms with van der Waals surface area (Å²) in [4.78, 5) is 28.7. The Morgan fingerprint density at radius 1 is 0.622 bits per heavy atom. The van der Waals surface area contributed by atoms with Crippen LogP contribution in [0, 0.1) is 20.2 Å². The Labute approximate surface area is 247 Å². The molecule has 0 bridgehead atoms. The van der Waals surface area contributed by atoms with Crippen LogP contribution < -0.4 is 9.80 Å². The first-order valence-corrected chi connectivity index (χ1v) is 12.7. The van der Waals surface area contributed by atoms with E-state index in [4.69, 9.17) is 49.7 Å². The van der Waals surface area contributed by atoms with Gasteiger partial charge < -0.3 is 69.3 Å². The van der Waals surface area contributed by atoms with Crippen LogP contribution in [0.3, 0.4) is 0 Å². The zero-order chi connectivity index (χ0) is 26.2. The topological polar surface area (TPSA) is 99.2 Å². The third-order valence-corrected chi connectivity index (χ3v) is 6.96. The summed E-state index contributed by atoms with van der Waals surface area (Å²) in [5.41, 5.74) is 2.22. The first-order valence-electron chi connectivity index (χ1n) is 11.1. The van der Waals surface area contributed by atoms with Crippen LogP contribution in [0.25, 0.3) is 0 Å². The second-order valence-electron chi connectivity index (χ2n) is 8.03. The molecule has 4 rings (SSSR count). The molecule has 0 atom stereocenters. The van der Waals surface area contributed by atoms with Gasteiger partial charge in [0.25, 0.3) is 11.4 Å². The first-order chi connectivity index (χ1) is 17.2. The monoisotopic (exact) mass is 622 g/mol. The van der Waals surface area contributed by atoms with Gasteiger partial charge in [-0.1, -0.05) is 8.64 Å². The van der Waals surface area contributed by atoms with E-state index in [0.29, 0.717) is 8.64 Å². The van der Waals surface area contributed by atoms with Crippen molar-refractivity contribution in [3.05, 3.63) is 68.8 Å². The largest absolute Gasteiger partial charge is 2.00 e. The predicted octanol–water partition coefficient (Wildman–Crippen LogP) is 3.09. The summed E-state index contributed by atoms with van der Waals surface area (Å²) in [5.74, 6) is 0. The smallest absolute Gasteiger partial charge is 0.411 e. The summed E-state index contributed by atoms with van der Waals surface area (Å²) in [6.45, 7) is 6.53. The number of hydrogen-bond donors (Lipinski definition) is 0. The van der Waals surface area contributed by atoms with E-state index in [9.17, 15) is 20.2 Å². The van der Waals surface area contributed by atoms with Gasteiger partial charge >= 0.3 is 16.5 Å². The van der Waals surface area contributed by atoms with Crippen LogP contribution in [0.4, 0.5) is 22.7 Å². The fourth-order valence-electron chi connectivity index (χ4n) is 3.86. The third-order valence-electron chi connectivity index (χ3n) is 5.93. The molecule has 0 saturated carbocycles. The molecule has 2 heterocycles. The predicted molar refractivity (Wildman–Crippen MR) is 154 cm³/mol. The number of nitro groups is 2. The van der Waals surface area contributed by atoms with Crippen molar-refractivity contribution in [3.8, 4) is 0 Å². The molecule has 0 unspecified atom stereocenters. The van der Waals surface area contributed by atoms with E-state index < -0.39 is 9.85 Å². The van der Waals surface area contributed by atoms with Gasteiger partial charge in [0.15, 0.2) is 0 Å². The number of non-ortho nitro benzene ring substituents is 2. The quantitative estimate of drug-likeness (QED) is 0.165. The minimum absolute atomic E-state index is 0. The maximum Gasteiger partial charge on any atom is 2.00 e. The minimum Gasteiger partial charge on any atom is -0.411 e. The number of thiocarbonyl (C=S) groups is 2. The summed E-state index contributed by atoms with van der Waals surface area (Å²) in [6, 6.07) is 13.2. The second kappa shape index (κ2) is 14.5. The molecule has 0 aliphatic carbocycles. The summed E-state index contributed by atoms with van der Waals surface area (Å²) >= 11 is 19.9. The van der Waals surface area contributed by atoms with Crippen molar-refractivity contribution in [2.45, 2.75) is 0 Å². The number of piperazine rings is 2. The van der Waals surface area contributed by atoms with Gasteiger partial charge in [-0.25, -0.2) is 0 Å². The van der Waals surface area contributed by atoms with Gasteiger partial charge in [-0.05, 0) is 24.3 Å². The van der Waals surface area contributed by atoms with Crippen molar-refractivity contribution >= 4 is 81.1 Å². The van der Waals surface area contributed by atoms with Crippen molar-refractivity contribution in [2.24, 2.45) is 0 Å². The van der Waals surface area contributed by atoms with Gasteiger partial charge in [-0.3, -0.25) is 20.2 Å². The zero-order valence-corrected chi connectivity index (χ0v) is 23.8. The Morgan fingerprint density at radius 2 is 0.892 bits per heavy atom. The maximum absolute atomic E-state index is 10.6. The van der Waals surface area contributed by atoms with E-state index in [-0.39, 0.29) is 27.9 Å². The SMILES string of the molecule is O=[N+]([O-])c1ccc(N2CCN(C(=S)[S-])CC2)cc1.O=[N+]([O-])c1ccc(N2CCN(C(=S)[S-])CC2)cc1.[Ni+2]. The summed E-state index contributed by atoms with van der Waals surface area (Å²) in [6.07, 6.45) is 0. The second-order valence-corrected chi connectivity index (χ2v) is 10.1. The van der Waals surface area contributed by atoms with E-state index in [1.54, 1.807) is 24.3 Å². The third kappa shape index (κ3) is 8.82. The van der Waals surface area contributed by atoms with Gasteiger partial charge in [-0.15, -0.1) is 0 Å². The van der Waals surface area contributed by atoms with Gasteiger partial charge in [0.2, 0.25) is 0 Å². The molecule has 2 saturated heterocycles. The zero-order valence-electron chi connectivity index (χ0n) is 19.5. The average Bonchev–Trinajstić information content (AvgIpc) is 2.89. The maximum atomic E-state index is 10.6. The van der Waals surface area contributed by atoms with Crippen LogP contribution in [-0.2, 0) is 41.7 Å². The van der Waals surface area contributed by atoms with Crippen LogP contribution in [0.2, 0.25) is 0 Å². The Morgan fingerprint density at radius 3 is 1.11 bits per heavy atom. The van der Waals surface area contributed by atoms with Crippen LogP contribution >= 0.6 is 24.4 Å². The number of rotatable bonds is 4. The molecular weight excluding hydrogens is 599 g/mol. The van der Waals surface area contributed by atoms with E-state index in [1.165, 1.54) is 24.3 Å². The summed E-state index contributed by atoms with van der Waals surface area (Å²) in [7, 11) is 0. The first kappa shape index (κ1) is 30.8. The molecule has 15 heteroatoms. The summed E-state index contributed by atoms with van der Waals surface area (Å²) in [5, 5.41) is 21.1. The molecule has 0 radical (unpaired) electrons. The van der Waals surface area contributed by atoms with Crippen molar-refractivity contribution < 1.29 is 26.3 Å². The summed E-state index contributed by atoms with van der Waals surface area (Å²) < 4.78 is 1.02. The fraction of sp³-hybridized carbons (Fsp3) is 0.364. The standard InChI is InChI=1S/2C11H13N3O2S2.Ni/c2*15-14(16)10-3-1-9(2-4-10)12-5-7-13(8-6-12)11(17)18;/h2*1-4H,5-8H2,(H,17,18);/q;;+2/p-2. The number of nitrogens with zero attached hydrogens (tertiary/aromatic N) is 6. The Kier molecular flexibility index (Phi) is 12.0. The van der Waals surface area contributed by atoms with Gasteiger partial charge in [0.05, 0.1) is 9.85 Å². The molecule has 200 valence electrons. The normalized spacial score (nSPS) is 15.1. The molecule has 0 spiro atoms.